The number of benzene rings is 2. The molecule has 0 amide bonds. The van der Waals surface area contributed by atoms with Gasteiger partial charge in [0.25, 0.3) is 0 Å². The lowest BCUT2D eigenvalue weighted by Crippen LogP contribution is -2.29. The van der Waals surface area contributed by atoms with E-state index >= 15 is 0 Å². The molecule has 0 saturated carbocycles. The van der Waals surface area contributed by atoms with Gasteiger partial charge in [-0.05, 0) is 5.92 Å². The van der Waals surface area contributed by atoms with Gasteiger partial charge in [0.05, 0.1) is 6.61 Å². The van der Waals surface area contributed by atoms with Crippen LogP contribution in [0.2, 0.25) is 0 Å². The fraction of sp³-hybridized carbons (Fsp3) is 0.300. The zero-order valence-electron chi connectivity index (χ0n) is 13.8. The Morgan fingerprint density at radius 1 is 1.00 bits per heavy atom. The first-order chi connectivity index (χ1) is 11.1. The summed E-state index contributed by atoms with van der Waals surface area (Å²) < 4.78 is 14.3. The molecule has 0 unspecified atom stereocenters. The Morgan fingerprint density at radius 2 is 1.48 bits per heavy atom. The molecule has 23 heavy (non-hydrogen) atoms. The monoisotopic (exact) mass is 328 g/mol. The summed E-state index contributed by atoms with van der Waals surface area (Å²) >= 11 is 0. The highest BCUT2D eigenvalue weighted by atomic mass is 31.2. The maximum absolute atomic E-state index is 14.3. The smallest absolute Gasteiger partial charge is 0.150 e. The average molecular weight is 328 g/mol. The average Bonchev–Trinajstić information content (AvgIpc) is 2.62. The lowest BCUT2D eigenvalue weighted by atomic mass is 10.0. The van der Waals surface area contributed by atoms with Crippen molar-refractivity contribution in [2.75, 3.05) is 6.61 Å². The molecule has 2 nitrogen and oxygen atoms in total. The Labute approximate surface area is 139 Å². The van der Waals surface area contributed by atoms with Gasteiger partial charge in [0.2, 0.25) is 0 Å². The van der Waals surface area contributed by atoms with E-state index in [-0.39, 0.29) is 18.2 Å². The predicted octanol–water partition coefficient (Wildman–Crippen LogP) is 3.96. The highest BCUT2D eigenvalue weighted by Crippen LogP contribution is 2.52. The molecule has 2 rings (SSSR count). The molecule has 0 saturated heterocycles. The highest BCUT2D eigenvalue weighted by molar-refractivity contribution is 7.79. The van der Waals surface area contributed by atoms with E-state index in [1.54, 1.807) is 6.08 Å². The zero-order chi connectivity index (χ0) is 16.7. The number of hydrogen-bond donors (Lipinski definition) is 1. The van der Waals surface area contributed by atoms with Crippen LogP contribution in [0, 0.1) is 5.92 Å². The molecular weight excluding hydrogens is 303 g/mol. The van der Waals surface area contributed by atoms with E-state index in [4.69, 9.17) is 0 Å². The summed E-state index contributed by atoms with van der Waals surface area (Å²) in [7, 11) is -2.83. The van der Waals surface area contributed by atoms with Crippen molar-refractivity contribution in [3.05, 3.63) is 72.8 Å². The largest absolute Gasteiger partial charge is 0.392 e. The van der Waals surface area contributed by atoms with Crippen molar-refractivity contribution in [2.24, 2.45) is 5.92 Å². The minimum absolute atomic E-state index is 0.0312. The van der Waals surface area contributed by atoms with Crippen molar-refractivity contribution < 1.29 is 9.67 Å². The molecule has 2 atom stereocenters. The number of rotatable bonds is 7. The summed E-state index contributed by atoms with van der Waals surface area (Å²) in [5, 5.41) is 10.9. The predicted molar refractivity (Wildman–Crippen MR) is 99.2 cm³/mol. The van der Waals surface area contributed by atoms with E-state index < -0.39 is 7.14 Å². The molecule has 0 spiro atoms. The Morgan fingerprint density at radius 3 is 1.87 bits per heavy atom. The molecule has 0 fully saturated rings. The van der Waals surface area contributed by atoms with Gasteiger partial charge in [-0.1, -0.05) is 93.1 Å². The van der Waals surface area contributed by atoms with E-state index in [1.807, 2.05) is 66.7 Å². The molecule has 0 heterocycles. The van der Waals surface area contributed by atoms with Gasteiger partial charge >= 0.3 is 0 Å². The van der Waals surface area contributed by atoms with E-state index in [2.05, 4.69) is 13.8 Å². The van der Waals surface area contributed by atoms with Crippen LogP contribution >= 0.6 is 7.14 Å². The van der Waals surface area contributed by atoms with Crippen LogP contribution in [0.3, 0.4) is 0 Å². The molecule has 0 aliphatic rings. The summed E-state index contributed by atoms with van der Waals surface area (Å²) in [6, 6.07) is 19.5. The minimum Gasteiger partial charge on any atom is -0.392 e. The van der Waals surface area contributed by atoms with Crippen molar-refractivity contribution in [3.8, 4) is 0 Å². The molecule has 2 aromatic rings. The molecule has 3 heteroatoms. The molecule has 1 N–H and O–H groups in total. The second kappa shape index (κ2) is 8.29. The third-order valence-electron chi connectivity index (χ3n) is 4.37. The van der Waals surface area contributed by atoms with Crippen molar-refractivity contribution in [1.82, 2.24) is 0 Å². The molecule has 2 aromatic carbocycles. The Bertz CT molecular complexity index is 621. The van der Waals surface area contributed by atoms with Crippen molar-refractivity contribution in [2.45, 2.75) is 25.9 Å². The van der Waals surface area contributed by atoms with E-state index in [0.29, 0.717) is 0 Å². The molecule has 0 bridgehead atoms. The minimum atomic E-state index is -2.83. The van der Waals surface area contributed by atoms with Crippen LogP contribution in [0.15, 0.2) is 72.8 Å². The van der Waals surface area contributed by atoms with Crippen LogP contribution in [0.25, 0.3) is 0 Å². The van der Waals surface area contributed by atoms with Crippen molar-refractivity contribution >= 4 is 17.8 Å². The third-order valence-corrected chi connectivity index (χ3v) is 8.02. The first-order valence-corrected chi connectivity index (χ1v) is 9.90. The van der Waals surface area contributed by atoms with Crippen LogP contribution in [0.1, 0.15) is 20.3 Å². The topological polar surface area (TPSA) is 37.3 Å². The normalized spacial score (nSPS) is 14.7. The first kappa shape index (κ1) is 17.7. The third kappa shape index (κ3) is 3.83. The number of allylic oxidation sites excluding steroid dienone is 1. The second-order valence-electron chi connectivity index (χ2n) is 5.82. The number of aliphatic hydroxyl groups is 1. The standard InChI is InChI=1S/C20H25O2P/c1-3-17(2)20(15-10-16-21)23(22,18-11-6-4-7-12-18)19-13-8-5-9-14-19/h4-15,17,20-21H,3,16H2,1-2H3/b15-10+/t17-,20-/m1/s1. The van der Waals surface area contributed by atoms with Gasteiger partial charge in [0.15, 0.2) is 0 Å². The van der Waals surface area contributed by atoms with E-state index in [0.717, 1.165) is 17.0 Å². The first-order valence-electron chi connectivity index (χ1n) is 8.13. The Kier molecular flexibility index (Phi) is 6.38. The molecule has 122 valence electrons. The van der Waals surface area contributed by atoms with Gasteiger partial charge in [0, 0.05) is 16.3 Å². The van der Waals surface area contributed by atoms with Crippen LogP contribution in [-0.4, -0.2) is 17.4 Å². The fourth-order valence-electron chi connectivity index (χ4n) is 2.90. The van der Waals surface area contributed by atoms with Crippen LogP contribution < -0.4 is 10.6 Å². The highest BCUT2D eigenvalue weighted by Gasteiger charge is 2.37. The van der Waals surface area contributed by atoms with Gasteiger partial charge in [-0.3, -0.25) is 0 Å². The van der Waals surface area contributed by atoms with Gasteiger partial charge in [-0.15, -0.1) is 0 Å². The number of aliphatic hydroxyl groups excluding tert-OH is 1. The lowest BCUT2D eigenvalue weighted by molar-refractivity contribution is 0.342. The summed E-state index contributed by atoms with van der Waals surface area (Å²) in [5.41, 5.74) is -0.121. The van der Waals surface area contributed by atoms with Crippen molar-refractivity contribution in [3.63, 3.8) is 0 Å². The molecule has 0 aliphatic heterocycles. The molecular formula is C20H25O2P. The summed E-state index contributed by atoms with van der Waals surface area (Å²) in [6.45, 7) is 4.21. The maximum Gasteiger partial charge on any atom is 0.150 e. The Hall–Kier alpha value is -1.63. The van der Waals surface area contributed by atoms with Gasteiger partial charge in [-0.25, -0.2) is 0 Å². The van der Waals surface area contributed by atoms with E-state index in [1.165, 1.54) is 0 Å². The van der Waals surface area contributed by atoms with Crippen LogP contribution in [0.5, 0.6) is 0 Å². The quantitative estimate of drug-likeness (QED) is 0.617. The van der Waals surface area contributed by atoms with Gasteiger partial charge in [0.1, 0.15) is 7.14 Å². The van der Waals surface area contributed by atoms with Crippen LogP contribution in [0.4, 0.5) is 0 Å². The Balaban J connectivity index is 2.65. The molecule has 0 radical (unpaired) electrons. The summed E-state index contributed by atoms with van der Waals surface area (Å²) in [6.07, 6.45) is 4.59. The summed E-state index contributed by atoms with van der Waals surface area (Å²) in [5.74, 6) is 0.254. The molecule has 0 aliphatic carbocycles. The SMILES string of the molecule is CC[C@@H](C)[C@@H](/C=C/CO)P(=O)(c1ccccc1)c1ccccc1. The second-order valence-corrected chi connectivity index (χ2v) is 8.76. The molecule has 0 aromatic heterocycles. The summed E-state index contributed by atoms with van der Waals surface area (Å²) in [4.78, 5) is 0. The van der Waals surface area contributed by atoms with E-state index in [9.17, 15) is 9.67 Å². The van der Waals surface area contributed by atoms with Crippen molar-refractivity contribution in [1.29, 1.82) is 0 Å². The number of hydrogen-bond acceptors (Lipinski definition) is 2. The lowest BCUT2D eigenvalue weighted by Gasteiger charge is -2.30. The van der Waals surface area contributed by atoms with Gasteiger partial charge in [-0.2, -0.15) is 0 Å². The zero-order valence-corrected chi connectivity index (χ0v) is 14.7. The fourth-order valence-corrected chi connectivity index (χ4v) is 6.41. The van der Waals surface area contributed by atoms with Gasteiger partial charge < -0.3 is 9.67 Å². The maximum atomic E-state index is 14.3. The van der Waals surface area contributed by atoms with Crippen LogP contribution in [-0.2, 0) is 4.57 Å².